The molecule has 0 aromatic heterocycles. The van der Waals surface area contributed by atoms with Crippen LogP contribution in [0.1, 0.15) is 13.8 Å². The van der Waals surface area contributed by atoms with Gasteiger partial charge in [-0.3, -0.25) is 4.57 Å². The van der Waals surface area contributed by atoms with Crippen LogP contribution in [0.3, 0.4) is 0 Å². The van der Waals surface area contributed by atoms with Gasteiger partial charge >= 0.3 is 0 Å². The van der Waals surface area contributed by atoms with Crippen LogP contribution >= 0.6 is 35.3 Å². The molecule has 0 saturated carbocycles. The molecule has 1 aromatic rings. The molecule has 0 radical (unpaired) electrons. The minimum atomic E-state index is -2.60. The van der Waals surface area contributed by atoms with Crippen molar-refractivity contribution in [3.63, 3.8) is 0 Å². The number of rotatable bonds is 7. The summed E-state index contributed by atoms with van der Waals surface area (Å²) in [5.74, 6) is 0. The molecule has 0 N–H and O–H groups in total. The maximum absolute atomic E-state index is 12.1. The Labute approximate surface area is 115 Å². The summed E-state index contributed by atoms with van der Waals surface area (Å²) < 4.78 is 23.7. The van der Waals surface area contributed by atoms with E-state index in [2.05, 4.69) is 15.9 Å². The summed E-state index contributed by atoms with van der Waals surface area (Å²) in [6.45, 7) is 4.14. The van der Waals surface area contributed by atoms with E-state index in [-0.39, 0.29) is 6.35 Å². The van der Waals surface area contributed by atoms with E-state index in [0.717, 1.165) is 9.37 Å². The van der Waals surface area contributed by atoms with Crippen LogP contribution in [0.5, 0.6) is 0 Å². The lowest BCUT2D eigenvalue weighted by molar-refractivity contribution is 0.308. The molecule has 1 aromatic carbocycles. The normalized spacial score (nSPS) is 14.5. The van der Waals surface area contributed by atoms with Gasteiger partial charge in [0.25, 0.3) is 0 Å². The molecule has 0 saturated heterocycles. The third-order valence-electron chi connectivity index (χ3n) is 2.06. The lowest BCUT2D eigenvalue weighted by Crippen LogP contribution is -1.98. The van der Waals surface area contributed by atoms with Crippen LogP contribution in [0.4, 0.5) is 0 Å². The van der Waals surface area contributed by atoms with E-state index >= 15 is 0 Å². The molecule has 0 spiro atoms. The first-order valence-electron chi connectivity index (χ1n) is 5.37. The van der Waals surface area contributed by atoms with Crippen molar-refractivity contribution in [2.24, 2.45) is 0 Å². The van der Waals surface area contributed by atoms with Crippen molar-refractivity contribution in [1.82, 2.24) is 0 Å². The molecule has 1 rings (SSSR count). The Balaban J connectivity index is 2.41. The molecule has 1 atom stereocenters. The minimum absolute atomic E-state index is 0.151. The molecule has 0 aliphatic rings. The van der Waals surface area contributed by atoms with E-state index in [1.807, 2.05) is 38.1 Å². The smallest absolute Gasteiger partial charge is 0.229 e. The van der Waals surface area contributed by atoms with E-state index in [1.54, 1.807) is 0 Å². The fourth-order valence-electron chi connectivity index (χ4n) is 1.12. The summed E-state index contributed by atoms with van der Waals surface area (Å²) in [4.78, 5) is 0.979. The SMILES string of the molecule is CCOP(=O)(CC)COSc1ccc(Br)cc1. The fraction of sp³-hybridized carbons (Fsp3) is 0.455. The zero-order valence-electron chi connectivity index (χ0n) is 9.89. The molecule has 0 bridgehead atoms. The maximum Gasteiger partial charge on any atom is 0.229 e. The van der Waals surface area contributed by atoms with Crippen LogP contribution in [0.15, 0.2) is 33.6 Å². The Kier molecular flexibility index (Phi) is 6.82. The zero-order chi connectivity index (χ0) is 12.7. The molecular formula is C11H16BrO3PS. The van der Waals surface area contributed by atoms with Gasteiger partial charge in [-0.25, -0.2) is 0 Å². The standard InChI is InChI=1S/C11H16BrO3PS/c1-3-14-16(13,4-2)9-15-17-11-7-5-10(12)6-8-11/h5-8H,3-4,9H2,1-2H3. The summed E-state index contributed by atoms with van der Waals surface area (Å²) in [5, 5.41) is 0. The summed E-state index contributed by atoms with van der Waals surface area (Å²) in [7, 11) is -2.60. The van der Waals surface area contributed by atoms with E-state index < -0.39 is 7.37 Å². The predicted octanol–water partition coefficient (Wildman–Crippen LogP) is 4.76. The molecule has 17 heavy (non-hydrogen) atoms. The monoisotopic (exact) mass is 338 g/mol. The first-order chi connectivity index (χ1) is 8.09. The highest BCUT2D eigenvalue weighted by atomic mass is 79.9. The third-order valence-corrected chi connectivity index (χ3v) is 5.68. The topological polar surface area (TPSA) is 35.5 Å². The van der Waals surface area contributed by atoms with Crippen LogP contribution in [0.2, 0.25) is 0 Å². The summed E-state index contributed by atoms with van der Waals surface area (Å²) >= 11 is 4.59. The third kappa shape index (κ3) is 5.58. The van der Waals surface area contributed by atoms with E-state index in [1.165, 1.54) is 12.0 Å². The Morgan fingerprint density at radius 1 is 1.29 bits per heavy atom. The van der Waals surface area contributed by atoms with Crippen LogP contribution in [0, 0.1) is 0 Å². The Morgan fingerprint density at radius 3 is 2.47 bits per heavy atom. The van der Waals surface area contributed by atoms with Crippen molar-refractivity contribution in [3.05, 3.63) is 28.7 Å². The molecule has 0 heterocycles. The van der Waals surface area contributed by atoms with Crippen molar-refractivity contribution in [2.75, 3.05) is 19.1 Å². The Hall–Kier alpha value is 0.200. The second-order valence-corrected chi connectivity index (χ2v) is 7.90. The second-order valence-electron chi connectivity index (χ2n) is 3.33. The Morgan fingerprint density at radius 2 is 1.94 bits per heavy atom. The number of halogens is 1. The quantitative estimate of drug-likeness (QED) is 0.530. The predicted molar refractivity (Wildman–Crippen MR) is 75.7 cm³/mol. The van der Waals surface area contributed by atoms with Crippen molar-refractivity contribution in [2.45, 2.75) is 18.7 Å². The second kappa shape index (κ2) is 7.59. The lowest BCUT2D eigenvalue weighted by atomic mass is 10.4. The summed E-state index contributed by atoms with van der Waals surface area (Å²) in [6, 6.07) is 7.75. The van der Waals surface area contributed by atoms with Crippen LogP contribution in [0.25, 0.3) is 0 Å². The van der Waals surface area contributed by atoms with Crippen LogP contribution < -0.4 is 0 Å². The van der Waals surface area contributed by atoms with Gasteiger partial charge in [0, 0.05) is 27.6 Å². The number of hydrogen-bond donors (Lipinski definition) is 0. The van der Waals surface area contributed by atoms with Gasteiger partial charge in [0.05, 0.1) is 6.61 Å². The lowest BCUT2D eigenvalue weighted by Gasteiger charge is -2.15. The minimum Gasteiger partial charge on any atom is -0.327 e. The van der Waals surface area contributed by atoms with E-state index in [9.17, 15) is 4.57 Å². The highest BCUT2D eigenvalue weighted by molar-refractivity contribution is 9.10. The molecule has 3 nitrogen and oxygen atoms in total. The summed E-state index contributed by atoms with van der Waals surface area (Å²) in [5.41, 5.74) is 0. The largest absolute Gasteiger partial charge is 0.327 e. The molecule has 0 fully saturated rings. The van der Waals surface area contributed by atoms with Gasteiger partial charge in [-0.15, -0.1) is 0 Å². The number of benzene rings is 1. The van der Waals surface area contributed by atoms with Gasteiger partial charge in [-0.05, 0) is 31.2 Å². The van der Waals surface area contributed by atoms with Gasteiger partial charge < -0.3 is 8.71 Å². The zero-order valence-corrected chi connectivity index (χ0v) is 13.2. The highest BCUT2D eigenvalue weighted by Gasteiger charge is 2.20. The summed E-state index contributed by atoms with van der Waals surface area (Å²) in [6.07, 6.45) is 0.653. The van der Waals surface area contributed by atoms with Crippen molar-refractivity contribution in [1.29, 1.82) is 0 Å². The Bertz CT molecular complexity index is 383. The van der Waals surface area contributed by atoms with Crippen LogP contribution in [-0.4, -0.2) is 19.1 Å². The van der Waals surface area contributed by atoms with Crippen molar-refractivity contribution < 1.29 is 13.3 Å². The van der Waals surface area contributed by atoms with Gasteiger partial charge in [0.15, 0.2) is 0 Å². The van der Waals surface area contributed by atoms with Gasteiger partial charge in [0.1, 0.15) is 6.35 Å². The molecular weight excluding hydrogens is 323 g/mol. The first kappa shape index (κ1) is 15.3. The molecule has 1 unspecified atom stereocenters. The molecule has 0 amide bonds. The van der Waals surface area contributed by atoms with Crippen molar-refractivity contribution in [3.8, 4) is 0 Å². The average molecular weight is 339 g/mol. The van der Waals surface area contributed by atoms with Crippen LogP contribution in [-0.2, 0) is 13.3 Å². The number of hydrogen-bond acceptors (Lipinski definition) is 4. The maximum atomic E-state index is 12.1. The van der Waals surface area contributed by atoms with Gasteiger partial charge in [-0.2, -0.15) is 0 Å². The molecule has 6 heteroatoms. The molecule has 0 aliphatic heterocycles. The molecule has 0 aliphatic carbocycles. The first-order valence-corrected chi connectivity index (χ1v) is 8.90. The molecule has 96 valence electrons. The fourth-order valence-corrected chi connectivity index (χ4v) is 3.53. The van der Waals surface area contributed by atoms with Gasteiger partial charge in [0.2, 0.25) is 7.37 Å². The van der Waals surface area contributed by atoms with E-state index in [4.69, 9.17) is 8.71 Å². The highest BCUT2D eigenvalue weighted by Crippen LogP contribution is 2.47. The van der Waals surface area contributed by atoms with Crippen molar-refractivity contribution >= 4 is 35.3 Å². The van der Waals surface area contributed by atoms with Gasteiger partial charge in [-0.1, -0.05) is 22.9 Å². The average Bonchev–Trinajstić information content (AvgIpc) is 2.32. The van der Waals surface area contributed by atoms with E-state index in [0.29, 0.717) is 12.8 Å².